The number of pyridine rings is 1. The molecule has 2 N–H and O–H groups in total. The van der Waals surface area contributed by atoms with Gasteiger partial charge in [-0.2, -0.15) is 13.2 Å². The molecule has 1 aliphatic heterocycles. The molecule has 0 aliphatic carbocycles. The lowest BCUT2D eigenvalue weighted by Gasteiger charge is -2.35. The molecule has 4 aromatic carbocycles. The highest BCUT2D eigenvalue weighted by molar-refractivity contribution is 6.07. The lowest BCUT2D eigenvalue weighted by Crippen LogP contribution is -2.50. The lowest BCUT2D eigenvalue weighted by molar-refractivity contribution is -0.137. The molecule has 6 rings (SSSR count). The predicted octanol–water partition coefficient (Wildman–Crippen LogP) is 9.27. The molecule has 1 saturated heterocycles. The molecule has 0 bridgehead atoms. The number of hydrogen-bond donors (Lipinski definition) is 2. The summed E-state index contributed by atoms with van der Waals surface area (Å²) in [6.45, 7) is 19.4. The fourth-order valence-electron chi connectivity index (χ4n) is 10.5. The van der Waals surface area contributed by atoms with Crippen molar-refractivity contribution in [3.63, 3.8) is 0 Å². The Balaban J connectivity index is 0.721. The molecule has 0 unspecified atom stereocenters. The van der Waals surface area contributed by atoms with Crippen molar-refractivity contribution in [1.29, 1.82) is 0 Å². The second-order valence-corrected chi connectivity index (χ2v) is 23.4. The summed E-state index contributed by atoms with van der Waals surface area (Å²) < 4.78 is 112. The molecular formula is C75H105F3N6O17. The summed E-state index contributed by atoms with van der Waals surface area (Å²) in [5.41, 5.74) is 5.27. The maximum Gasteiger partial charge on any atom is 0.416 e. The number of rotatable bonds is 55. The van der Waals surface area contributed by atoms with E-state index in [-0.39, 0.29) is 42.9 Å². The first kappa shape index (κ1) is 82.9. The van der Waals surface area contributed by atoms with E-state index >= 15 is 0 Å². The molecule has 1 aromatic heterocycles. The van der Waals surface area contributed by atoms with Crippen molar-refractivity contribution >= 4 is 35.0 Å². The van der Waals surface area contributed by atoms with E-state index in [0.29, 0.717) is 225 Å². The average Bonchev–Trinajstić information content (AvgIpc) is 0.805. The molecule has 0 radical (unpaired) electrons. The zero-order chi connectivity index (χ0) is 71.8. The molecule has 0 atom stereocenters. The Morgan fingerprint density at radius 2 is 0.911 bits per heavy atom. The van der Waals surface area contributed by atoms with Gasteiger partial charge in [-0.15, -0.1) is 0 Å². The Morgan fingerprint density at radius 3 is 1.43 bits per heavy atom. The van der Waals surface area contributed by atoms with E-state index in [1.54, 1.807) is 29.0 Å². The number of carbonyl (C=O) groups excluding carboxylic acids is 4. The Morgan fingerprint density at radius 1 is 0.465 bits per heavy atom. The van der Waals surface area contributed by atoms with Gasteiger partial charge in [0.15, 0.2) is 0 Å². The minimum atomic E-state index is -4.51. The predicted molar refractivity (Wildman–Crippen MR) is 377 cm³/mol. The van der Waals surface area contributed by atoms with Crippen LogP contribution in [-0.4, -0.2) is 250 Å². The minimum Gasteiger partial charge on any atom is -0.382 e. The highest BCUT2D eigenvalue weighted by Crippen LogP contribution is 2.33. The number of ether oxygens (including phenoxy) is 13. The van der Waals surface area contributed by atoms with Gasteiger partial charge in [-0.1, -0.05) is 36.4 Å². The number of halogens is 3. The van der Waals surface area contributed by atoms with Gasteiger partial charge in [0.1, 0.15) is 0 Å². The van der Waals surface area contributed by atoms with Crippen molar-refractivity contribution < 1.29 is 93.9 Å². The topological polar surface area (TPSA) is 235 Å². The number of piperazine rings is 1. The Kier molecular flexibility index (Phi) is 41.4. The fourth-order valence-corrected chi connectivity index (χ4v) is 10.5. The Labute approximate surface area is 593 Å². The van der Waals surface area contributed by atoms with Crippen LogP contribution in [0.5, 0.6) is 0 Å². The number of nitrogens with zero attached hydrogens (tertiary/aromatic N) is 4. The van der Waals surface area contributed by atoms with Gasteiger partial charge in [0, 0.05) is 113 Å². The highest BCUT2D eigenvalue weighted by Gasteiger charge is 2.30. The highest BCUT2D eigenvalue weighted by atomic mass is 19.4. The molecule has 2 heterocycles. The minimum absolute atomic E-state index is 0.00845. The smallest absolute Gasteiger partial charge is 0.382 e. The third kappa shape index (κ3) is 33.8. The van der Waals surface area contributed by atoms with Crippen LogP contribution in [0.2, 0.25) is 0 Å². The number of nitrogens with one attached hydrogen (secondary N) is 2. The van der Waals surface area contributed by atoms with Gasteiger partial charge < -0.3 is 86.9 Å². The van der Waals surface area contributed by atoms with Gasteiger partial charge in [0.25, 0.3) is 17.7 Å². The molecular weight excluding hydrogens is 1310 g/mol. The summed E-state index contributed by atoms with van der Waals surface area (Å²) in [5, 5.41) is 5.76. The first-order valence-electron chi connectivity index (χ1n) is 35.1. The molecule has 23 nitrogen and oxygen atoms in total. The second kappa shape index (κ2) is 50.4. The summed E-state index contributed by atoms with van der Waals surface area (Å²) in [6, 6.07) is 28.7. The van der Waals surface area contributed by atoms with Gasteiger partial charge in [0.05, 0.1) is 162 Å². The van der Waals surface area contributed by atoms with Crippen molar-refractivity contribution in [2.75, 3.05) is 222 Å². The largest absolute Gasteiger partial charge is 0.416 e. The normalized spacial score (nSPS) is 12.5. The summed E-state index contributed by atoms with van der Waals surface area (Å²) in [4.78, 5) is 63.8. The van der Waals surface area contributed by atoms with Crippen LogP contribution in [-0.2, 0) is 91.9 Å². The van der Waals surface area contributed by atoms with Crippen molar-refractivity contribution in [3.8, 4) is 11.3 Å². The number of anilines is 2. The number of alkyl halides is 3. The Hall–Kier alpha value is -7.02. The molecule has 0 spiro atoms. The van der Waals surface area contributed by atoms with Gasteiger partial charge >= 0.3 is 6.18 Å². The van der Waals surface area contributed by atoms with Crippen LogP contribution < -0.4 is 15.5 Å². The van der Waals surface area contributed by atoms with Crippen molar-refractivity contribution in [3.05, 3.63) is 148 Å². The Bertz CT molecular complexity index is 3120. The number of carbonyl (C=O) groups is 4. The van der Waals surface area contributed by atoms with Crippen molar-refractivity contribution in [2.45, 2.75) is 65.1 Å². The zero-order valence-corrected chi connectivity index (χ0v) is 59.1. The maximum absolute atomic E-state index is 13.8. The maximum atomic E-state index is 13.8. The summed E-state index contributed by atoms with van der Waals surface area (Å²) in [7, 11) is 1.64. The van der Waals surface area contributed by atoms with Crippen molar-refractivity contribution in [2.24, 2.45) is 0 Å². The van der Waals surface area contributed by atoms with Crippen LogP contribution in [0.1, 0.15) is 92.9 Å². The SMILES string of the molecule is CCN(CC)c1ccc(NC(=O)c2cccc(CCCOCCOCCOCCOCCC(=O)N3CCN(C(=O)c4cccc(CCCOCCOCCOCCOCCOCCCOCCOCCOCCOC)c4)CC3)c2)c(-c2cc(C(=O)NCc3cccc(C(F)(F)F)c3)ccn2)c1. The van der Waals surface area contributed by atoms with E-state index < -0.39 is 17.6 Å². The fraction of sp³-hybridized carbons (Fsp3) is 0.560. The number of aryl methyl sites for hydroxylation is 2. The summed E-state index contributed by atoms with van der Waals surface area (Å²) >= 11 is 0. The van der Waals surface area contributed by atoms with E-state index in [2.05, 4.69) is 20.5 Å². The quantitative estimate of drug-likeness (QED) is 0.0345. The molecule has 1 fully saturated rings. The van der Waals surface area contributed by atoms with E-state index in [4.69, 9.17) is 61.6 Å². The van der Waals surface area contributed by atoms with Gasteiger partial charge in [-0.3, -0.25) is 24.2 Å². The average molecular weight is 1420 g/mol. The molecule has 558 valence electrons. The number of aromatic nitrogens is 1. The summed E-state index contributed by atoms with van der Waals surface area (Å²) in [5.74, 6) is -0.872. The van der Waals surface area contributed by atoms with Crippen LogP contribution >= 0.6 is 0 Å². The van der Waals surface area contributed by atoms with Crippen LogP contribution in [0.15, 0.2) is 109 Å². The van der Waals surface area contributed by atoms with E-state index in [1.165, 1.54) is 24.4 Å². The second-order valence-electron chi connectivity index (χ2n) is 23.4. The first-order valence-corrected chi connectivity index (χ1v) is 35.1. The number of amides is 4. The monoisotopic (exact) mass is 1420 g/mol. The molecule has 0 saturated carbocycles. The molecule has 5 aromatic rings. The summed E-state index contributed by atoms with van der Waals surface area (Å²) in [6.07, 6.45) is 1.02. The number of hydrogen-bond acceptors (Lipinski definition) is 19. The number of methoxy groups -OCH3 is 1. The van der Waals surface area contributed by atoms with Crippen molar-refractivity contribution in [1.82, 2.24) is 20.1 Å². The van der Waals surface area contributed by atoms with Crippen LogP contribution in [0.25, 0.3) is 11.3 Å². The van der Waals surface area contributed by atoms with E-state index in [9.17, 15) is 32.3 Å². The van der Waals surface area contributed by atoms with Crippen LogP contribution in [0.3, 0.4) is 0 Å². The van der Waals surface area contributed by atoms with Crippen LogP contribution in [0, 0.1) is 0 Å². The molecule has 26 heteroatoms. The molecule has 4 amide bonds. The van der Waals surface area contributed by atoms with Gasteiger partial charge in [-0.05, 0) is 129 Å². The standard InChI is InChI=1S/C75H105F3N6O17/c1-4-82(5-2)67-20-21-69(68(58-67)70-57-64(22-24-79-70)72(86)80-59-62-14-8-19-66(56-62)75(76,77)78)81-73(87)63-17-6-12-60(54-63)15-9-29-90-36-41-96-48-51-100-45-40-94-33-23-71(85)83-25-27-84(28-26-83)74(88)65-18-7-13-61(55-65)16-10-30-91-37-42-97-49-52-101-53-50-99-44-39-93-32-11-31-92-38-43-98-47-46-95-35-34-89-3/h6-8,12-14,17-22,24,54-58H,4-5,9-11,15-16,23,25-53,59H2,1-3H3,(H,80,86)(H,81,87). The van der Waals surface area contributed by atoms with Gasteiger partial charge in [-0.25, -0.2) is 0 Å². The molecule has 101 heavy (non-hydrogen) atoms. The van der Waals surface area contributed by atoms with Crippen LogP contribution in [0.4, 0.5) is 24.5 Å². The lowest BCUT2D eigenvalue weighted by atomic mass is 10.0. The third-order valence-corrected chi connectivity index (χ3v) is 16.0. The zero-order valence-electron chi connectivity index (χ0n) is 59.1. The van der Waals surface area contributed by atoms with Gasteiger partial charge in [0.2, 0.25) is 5.91 Å². The third-order valence-electron chi connectivity index (χ3n) is 16.0. The number of benzene rings is 4. The van der Waals surface area contributed by atoms with E-state index in [0.717, 1.165) is 67.7 Å². The molecule has 1 aliphatic rings. The van der Waals surface area contributed by atoms with E-state index in [1.807, 2.05) is 74.5 Å². The first-order chi connectivity index (χ1) is 49.4.